The molecule has 1 rings (SSSR count). The Bertz CT molecular complexity index is 590. The number of hydrogen-bond acceptors (Lipinski definition) is 4. The molecule has 0 spiro atoms. The molecule has 0 amide bonds. The van der Waals surface area contributed by atoms with E-state index in [-0.39, 0.29) is 17.2 Å². The lowest BCUT2D eigenvalue weighted by molar-refractivity contribution is 0.582. The third-order valence-corrected chi connectivity index (χ3v) is 4.47. The van der Waals surface area contributed by atoms with Gasteiger partial charge in [0.25, 0.3) is 0 Å². The Hall–Kier alpha value is -0.920. The van der Waals surface area contributed by atoms with E-state index in [4.69, 9.17) is 0 Å². The molecule has 0 bridgehead atoms. The Morgan fingerprint density at radius 2 is 1.82 bits per heavy atom. The monoisotopic (exact) mass is 277 g/mol. The molecule has 17 heavy (non-hydrogen) atoms. The van der Waals surface area contributed by atoms with Crippen LogP contribution in [0.25, 0.3) is 0 Å². The molecule has 0 saturated carbocycles. The summed E-state index contributed by atoms with van der Waals surface area (Å²) in [6.07, 6.45) is 1.06. The van der Waals surface area contributed by atoms with Crippen molar-refractivity contribution in [2.75, 3.05) is 18.6 Å². The van der Waals surface area contributed by atoms with Gasteiger partial charge in [-0.1, -0.05) is 12.1 Å². The van der Waals surface area contributed by atoms with E-state index in [0.717, 1.165) is 11.8 Å². The summed E-state index contributed by atoms with van der Waals surface area (Å²) in [5, 5.41) is 0. The van der Waals surface area contributed by atoms with Crippen LogP contribution in [0.1, 0.15) is 5.56 Å². The molecule has 0 aromatic heterocycles. The molecule has 0 heterocycles. The van der Waals surface area contributed by atoms with Crippen LogP contribution in [-0.2, 0) is 19.9 Å². The molecule has 5 nitrogen and oxygen atoms in total. The third kappa shape index (κ3) is 4.84. The predicted molar refractivity (Wildman–Crippen MR) is 66.1 cm³/mol. The smallest absolute Gasteiger partial charge is 0.229 e. The second kappa shape index (κ2) is 5.16. The van der Waals surface area contributed by atoms with Crippen molar-refractivity contribution in [3.63, 3.8) is 0 Å². The molecule has 0 unspecified atom stereocenters. The molecule has 0 fully saturated rings. The molecule has 0 aliphatic heterocycles. The van der Waals surface area contributed by atoms with Gasteiger partial charge in [0.05, 0.1) is 10.6 Å². The zero-order valence-electron chi connectivity index (χ0n) is 9.67. The summed E-state index contributed by atoms with van der Waals surface area (Å²) < 4.78 is 47.5. The van der Waals surface area contributed by atoms with Crippen molar-refractivity contribution in [2.24, 2.45) is 0 Å². The molecular weight excluding hydrogens is 262 g/mol. The van der Waals surface area contributed by atoms with Crippen LogP contribution in [0.5, 0.6) is 0 Å². The van der Waals surface area contributed by atoms with Crippen LogP contribution in [0.3, 0.4) is 0 Å². The van der Waals surface area contributed by atoms with Gasteiger partial charge in [0.2, 0.25) is 10.0 Å². The standard InChI is InChI=1S/C10H15NO4S2/c1-9-4-3-5-10(8-9)17(14,15)11-6-7-16(2,12)13/h3-5,8,11H,6-7H2,1-2H3. The zero-order chi connectivity index (χ0) is 13.1. The van der Waals surface area contributed by atoms with Crippen molar-refractivity contribution in [2.45, 2.75) is 11.8 Å². The van der Waals surface area contributed by atoms with Gasteiger partial charge in [-0.15, -0.1) is 0 Å². The van der Waals surface area contributed by atoms with Crippen molar-refractivity contribution in [3.05, 3.63) is 29.8 Å². The fraction of sp³-hybridized carbons (Fsp3) is 0.400. The number of hydrogen-bond donors (Lipinski definition) is 1. The molecule has 0 aliphatic rings. The lowest BCUT2D eigenvalue weighted by Gasteiger charge is -2.06. The molecule has 1 aromatic carbocycles. The second-order valence-corrected chi connectivity index (χ2v) is 7.87. The fourth-order valence-electron chi connectivity index (χ4n) is 1.23. The maximum absolute atomic E-state index is 11.8. The highest BCUT2D eigenvalue weighted by atomic mass is 32.2. The number of benzene rings is 1. The normalized spacial score (nSPS) is 12.6. The first-order valence-corrected chi connectivity index (χ1v) is 8.49. The van der Waals surface area contributed by atoms with Crippen LogP contribution in [0.2, 0.25) is 0 Å². The topological polar surface area (TPSA) is 80.3 Å². The third-order valence-electron chi connectivity index (χ3n) is 2.06. The van der Waals surface area contributed by atoms with E-state index in [1.54, 1.807) is 19.1 Å². The van der Waals surface area contributed by atoms with Crippen molar-refractivity contribution in [3.8, 4) is 0 Å². The molecule has 7 heteroatoms. The van der Waals surface area contributed by atoms with Gasteiger partial charge < -0.3 is 0 Å². The Morgan fingerprint density at radius 3 is 2.35 bits per heavy atom. The van der Waals surface area contributed by atoms with Gasteiger partial charge in [0.15, 0.2) is 0 Å². The van der Waals surface area contributed by atoms with Crippen LogP contribution in [0.4, 0.5) is 0 Å². The van der Waals surface area contributed by atoms with E-state index in [1.165, 1.54) is 12.1 Å². The van der Waals surface area contributed by atoms with Crippen LogP contribution in [-0.4, -0.2) is 35.4 Å². The van der Waals surface area contributed by atoms with Crippen LogP contribution in [0, 0.1) is 6.92 Å². The van der Waals surface area contributed by atoms with Gasteiger partial charge in [0.1, 0.15) is 9.84 Å². The van der Waals surface area contributed by atoms with Gasteiger partial charge in [-0.05, 0) is 24.6 Å². The number of rotatable bonds is 5. The van der Waals surface area contributed by atoms with Gasteiger partial charge in [-0.25, -0.2) is 21.6 Å². The minimum Gasteiger partial charge on any atom is -0.229 e. The predicted octanol–water partition coefficient (Wildman–Crippen LogP) is 0.318. The number of sulfonamides is 1. The van der Waals surface area contributed by atoms with Crippen LogP contribution >= 0.6 is 0 Å². The SMILES string of the molecule is Cc1cccc(S(=O)(=O)NCCS(C)(=O)=O)c1. The van der Waals surface area contributed by atoms with Crippen LogP contribution < -0.4 is 4.72 Å². The summed E-state index contributed by atoms with van der Waals surface area (Å²) in [5.41, 5.74) is 0.830. The van der Waals surface area contributed by atoms with Crippen LogP contribution in [0.15, 0.2) is 29.2 Å². The van der Waals surface area contributed by atoms with E-state index in [1.807, 2.05) is 0 Å². The summed E-state index contributed by atoms with van der Waals surface area (Å²) in [4.78, 5) is 0.144. The summed E-state index contributed by atoms with van der Waals surface area (Å²) >= 11 is 0. The maximum atomic E-state index is 11.8. The highest BCUT2D eigenvalue weighted by Crippen LogP contribution is 2.10. The average Bonchev–Trinajstić information content (AvgIpc) is 2.15. The first-order chi connectivity index (χ1) is 7.71. The highest BCUT2D eigenvalue weighted by molar-refractivity contribution is 7.91. The molecule has 96 valence electrons. The molecule has 0 atom stereocenters. The lowest BCUT2D eigenvalue weighted by Crippen LogP contribution is -2.28. The largest absolute Gasteiger partial charge is 0.240 e. The van der Waals surface area contributed by atoms with E-state index < -0.39 is 19.9 Å². The zero-order valence-corrected chi connectivity index (χ0v) is 11.3. The summed E-state index contributed by atoms with van der Waals surface area (Å²) in [6, 6.07) is 6.43. The Morgan fingerprint density at radius 1 is 1.18 bits per heavy atom. The first-order valence-electron chi connectivity index (χ1n) is 4.95. The molecule has 0 aliphatic carbocycles. The minimum absolute atomic E-state index is 0.116. The van der Waals surface area contributed by atoms with Gasteiger partial charge in [0, 0.05) is 12.8 Å². The Kier molecular flexibility index (Phi) is 4.29. The van der Waals surface area contributed by atoms with E-state index >= 15 is 0 Å². The minimum atomic E-state index is -3.62. The number of aryl methyl sites for hydroxylation is 1. The van der Waals surface area contributed by atoms with E-state index in [2.05, 4.69) is 4.72 Å². The van der Waals surface area contributed by atoms with Gasteiger partial charge >= 0.3 is 0 Å². The molecule has 1 aromatic rings. The van der Waals surface area contributed by atoms with Gasteiger partial charge in [-0.3, -0.25) is 0 Å². The van der Waals surface area contributed by atoms with E-state index in [0.29, 0.717) is 0 Å². The summed E-state index contributed by atoms with van der Waals surface area (Å²) in [7, 11) is -6.78. The van der Waals surface area contributed by atoms with Crippen molar-refractivity contribution in [1.29, 1.82) is 0 Å². The summed E-state index contributed by atoms with van der Waals surface area (Å²) in [6.45, 7) is 1.67. The highest BCUT2D eigenvalue weighted by Gasteiger charge is 2.14. The lowest BCUT2D eigenvalue weighted by atomic mass is 10.2. The average molecular weight is 277 g/mol. The summed E-state index contributed by atoms with van der Waals surface area (Å²) in [5.74, 6) is -0.210. The Labute approximate surface area is 102 Å². The quantitative estimate of drug-likeness (QED) is 0.840. The van der Waals surface area contributed by atoms with E-state index in [9.17, 15) is 16.8 Å². The van der Waals surface area contributed by atoms with Crippen molar-refractivity contribution in [1.82, 2.24) is 4.72 Å². The molecule has 1 N–H and O–H groups in total. The van der Waals surface area contributed by atoms with Gasteiger partial charge in [-0.2, -0.15) is 0 Å². The Balaban J connectivity index is 2.77. The van der Waals surface area contributed by atoms with Crippen molar-refractivity contribution < 1.29 is 16.8 Å². The molecular formula is C10H15NO4S2. The second-order valence-electron chi connectivity index (χ2n) is 3.84. The fourth-order valence-corrected chi connectivity index (χ4v) is 2.97. The number of nitrogens with one attached hydrogen (secondary N) is 1. The first kappa shape index (κ1) is 14.1. The number of sulfone groups is 1. The maximum Gasteiger partial charge on any atom is 0.240 e. The molecule has 0 saturated heterocycles. The molecule has 0 radical (unpaired) electrons. The van der Waals surface area contributed by atoms with Crippen molar-refractivity contribution >= 4 is 19.9 Å².